The number of rotatable bonds is 8. The molecule has 0 atom stereocenters. The van der Waals surface area contributed by atoms with Crippen LogP contribution >= 0.6 is 0 Å². The number of benzene rings is 2. The number of hydrogen-bond donors (Lipinski definition) is 3. The molecule has 2 rings (SSSR count). The molecule has 8 nitrogen and oxygen atoms in total. The summed E-state index contributed by atoms with van der Waals surface area (Å²) in [6, 6.07) is 12.8. The van der Waals surface area contributed by atoms with Crippen LogP contribution in [-0.2, 0) is 9.59 Å². The molecular formula is C22H23N3O5. The number of carboxylic acids is 1. The summed E-state index contributed by atoms with van der Waals surface area (Å²) in [5.74, 6) is -1.51. The lowest BCUT2D eigenvalue weighted by molar-refractivity contribution is -0.137. The van der Waals surface area contributed by atoms with E-state index in [1.807, 2.05) is 0 Å². The molecule has 0 radical (unpaired) electrons. The molecule has 0 saturated heterocycles. The number of likely N-dealkylation sites (N-methyl/N-ethyl adjacent to an activating group) is 1. The van der Waals surface area contributed by atoms with Crippen LogP contribution in [0.2, 0.25) is 0 Å². The van der Waals surface area contributed by atoms with Crippen molar-refractivity contribution in [2.24, 2.45) is 5.73 Å². The Kier molecular flexibility index (Phi) is 7.46. The zero-order valence-electron chi connectivity index (χ0n) is 16.7. The third kappa shape index (κ3) is 6.30. The standard InChI is InChI=1S/C22H23N3O5/c1-14(21(28)25(2)12-11-19(26)27)13-15-3-5-17(6-4-15)22(29)30-18-9-7-16(8-10-18)20(23)24/h3-10,13H,11-12H2,1-2H3,(H3,23,24)(H,26,27)/b14-13+. The second-order valence-corrected chi connectivity index (χ2v) is 6.65. The van der Waals surface area contributed by atoms with Gasteiger partial charge in [0.2, 0.25) is 5.91 Å². The van der Waals surface area contributed by atoms with Crippen molar-refractivity contribution in [2.45, 2.75) is 13.3 Å². The van der Waals surface area contributed by atoms with Crippen LogP contribution in [0.3, 0.4) is 0 Å². The van der Waals surface area contributed by atoms with Crippen molar-refractivity contribution in [3.05, 3.63) is 70.8 Å². The van der Waals surface area contributed by atoms with Crippen molar-refractivity contribution in [1.29, 1.82) is 5.41 Å². The predicted molar refractivity (Wildman–Crippen MR) is 112 cm³/mol. The summed E-state index contributed by atoms with van der Waals surface area (Å²) in [5.41, 5.74) is 7.43. The van der Waals surface area contributed by atoms with Crippen LogP contribution in [0.25, 0.3) is 6.08 Å². The number of amides is 1. The number of nitrogen functional groups attached to an aromatic ring is 1. The van der Waals surface area contributed by atoms with E-state index in [0.29, 0.717) is 22.4 Å². The van der Waals surface area contributed by atoms with Gasteiger partial charge in [-0.1, -0.05) is 12.1 Å². The normalized spacial score (nSPS) is 10.9. The summed E-state index contributed by atoms with van der Waals surface area (Å²) in [5, 5.41) is 16.1. The molecule has 0 fully saturated rings. The monoisotopic (exact) mass is 409 g/mol. The topological polar surface area (TPSA) is 134 Å². The molecule has 0 aromatic heterocycles. The fourth-order valence-electron chi connectivity index (χ4n) is 2.56. The molecule has 0 spiro atoms. The minimum Gasteiger partial charge on any atom is -0.481 e. The molecular weight excluding hydrogens is 386 g/mol. The SMILES string of the molecule is C/C(=C\c1ccc(C(=O)Oc2ccc(C(=N)N)cc2)cc1)C(=O)N(C)CCC(=O)O. The maximum atomic E-state index is 12.3. The molecule has 156 valence electrons. The van der Waals surface area contributed by atoms with E-state index in [0.717, 1.165) is 5.56 Å². The van der Waals surface area contributed by atoms with E-state index in [2.05, 4.69) is 0 Å². The van der Waals surface area contributed by atoms with Gasteiger partial charge < -0.3 is 20.5 Å². The molecule has 0 saturated carbocycles. The lowest BCUT2D eigenvalue weighted by Gasteiger charge is -2.16. The van der Waals surface area contributed by atoms with E-state index >= 15 is 0 Å². The molecule has 1 amide bonds. The Morgan fingerprint density at radius 1 is 1.07 bits per heavy atom. The summed E-state index contributed by atoms with van der Waals surface area (Å²) in [6.07, 6.45) is 1.54. The molecule has 2 aromatic rings. The second-order valence-electron chi connectivity index (χ2n) is 6.65. The maximum absolute atomic E-state index is 12.3. The van der Waals surface area contributed by atoms with Gasteiger partial charge in [-0.15, -0.1) is 0 Å². The summed E-state index contributed by atoms with van der Waals surface area (Å²) >= 11 is 0. The van der Waals surface area contributed by atoms with E-state index in [4.69, 9.17) is 21.0 Å². The van der Waals surface area contributed by atoms with Crippen LogP contribution in [0.15, 0.2) is 54.1 Å². The van der Waals surface area contributed by atoms with E-state index in [-0.39, 0.29) is 24.7 Å². The van der Waals surface area contributed by atoms with E-state index in [1.165, 1.54) is 4.90 Å². The predicted octanol–water partition coefficient (Wildman–Crippen LogP) is 2.53. The molecule has 4 N–H and O–H groups in total. The zero-order chi connectivity index (χ0) is 22.3. The van der Waals surface area contributed by atoms with Crippen LogP contribution in [0.1, 0.15) is 34.8 Å². The Labute approximate surface area is 174 Å². The van der Waals surface area contributed by atoms with Gasteiger partial charge in [-0.25, -0.2) is 4.79 Å². The number of amidine groups is 1. The van der Waals surface area contributed by atoms with Crippen molar-refractivity contribution in [3.8, 4) is 5.75 Å². The molecule has 2 aromatic carbocycles. The van der Waals surface area contributed by atoms with Gasteiger partial charge in [0, 0.05) is 24.7 Å². The first kappa shape index (κ1) is 22.4. The summed E-state index contributed by atoms with van der Waals surface area (Å²) in [6.45, 7) is 1.77. The largest absolute Gasteiger partial charge is 0.481 e. The molecule has 30 heavy (non-hydrogen) atoms. The van der Waals surface area contributed by atoms with Gasteiger partial charge in [-0.05, 0) is 55.0 Å². The van der Waals surface area contributed by atoms with Crippen molar-refractivity contribution in [2.75, 3.05) is 13.6 Å². The summed E-state index contributed by atoms with van der Waals surface area (Å²) in [7, 11) is 1.55. The number of nitrogens with one attached hydrogen (secondary N) is 1. The van der Waals surface area contributed by atoms with Crippen molar-refractivity contribution >= 4 is 29.8 Å². The highest BCUT2D eigenvalue weighted by Crippen LogP contribution is 2.16. The minimum absolute atomic E-state index is 0.0709. The third-order valence-electron chi connectivity index (χ3n) is 4.25. The number of carbonyl (C=O) groups is 3. The molecule has 8 heteroatoms. The van der Waals surface area contributed by atoms with Gasteiger partial charge in [0.15, 0.2) is 0 Å². The van der Waals surface area contributed by atoms with Crippen LogP contribution in [0, 0.1) is 5.41 Å². The lowest BCUT2D eigenvalue weighted by atomic mass is 10.1. The molecule has 0 bridgehead atoms. The Bertz CT molecular complexity index is 979. The number of carbonyl (C=O) groups excluding carboxylic acids is 2. The fourth-order valence-corrected chi connectivity index (χ4v) is 2.56. The van der Waals surface area contributed by atoms with Gasteiger partial charge in [-0.2, -0.15) is 0 Å². The maximum Gasteiger partial charge on any atom is 0.343 e. The summed E-state index contributed by atoms with van der Waals surface area (Å²) in [4.78, 5) is 36.5. The Morgan fingerprint density at radius 3 is 2.17 bits per heavy atom. The van der Waals surface area contributed by atoms with Gasteiger partial charge in [0.25, 0.3) is 0 Å². The van der Waals surface area contributed by atoms with Crippen molar-refractivity contribution in [1.82, 2.24) is 4.90 Å². The second kappa shape index (κ2) is 10.0. The van der Waals surface area contributed by atoms with E-state index in [1.54, 1.807) is 68.6 Å². The molecule has 0 heterocycles. The van der Waals surface area contributed by atoms with Crippen LogP contribution in [0.5, 0.6) is 5.75 Å². The number of nitrogens with zero attached hydrogens (tertiary/aromatic N) is 1. The average Bonchev–Trinajstić information content (AvgIpc) is 2.72. The lowest BCUT2D eigenvalue weighted by Crippen LogP contribution is -2.29. The first-order chi connectivity index (χ1) is 14.2. The third-order valence-corrected chi connectivity index (χ3v) is 4.25. The number of nitrogens with two attached hydrogens (primary N) is 1. The van der Waals surface area contributed by atoms with Crippen LogP contribution < -0.4 is 10.5 Å². The zero-order valence-corrected chi connectivity index (χ0v) is 16.7. The van der Waals surface area contributed by atoms with E-state index < -0.39 is 11.9 Å². The number of carboxylic acid groups (broad SMARTS) is 1. The Morgan fingerprint density at radius 2 is 1.63 bits per heavy atom. The highest BCUT2D eigenvalue weighted by Gasteiger charge is 2.13. The highest BCUT2D eigenvalue weighted by atomic mass is 16.5. The summed E-state index contributed by atoms with van der Waals surface area (Å²) < 4.78 is 5.30. The van der Waals surface area contributed by atoms with E-state index in [9.17, 15) is 14.4 Å². The Balaban J connectivity index is 2.01. The van der Waals surface area contributed by atoms with Gasteiger partial charge in [0.05, 0.1) is 12.0 Å². The number of ether oxygens (including phenoxy) is 1. The molecule has 0 aliphatic carbocycles. The first-order valence-corrected chi connectivity index (χ1v) is 9.09. The number of aliphatic carboxylic acids is 1. The smallest absolute Gasteiger partial charge is 0.343 e. The van der Waals surface area contributed by atoms with Crippen LogP contribution in [0.4, 0.5) is 0 Å². The first-order valence-electron chi connectivity index (χ1n) is 9.09. The van der Waals surface area contributed by atoms with Gasteiger partial charge >= 0.3 is 11.9 Å². The van der Waals surface area contributed by atoms with Crippen molar-refractivity contribution < 1.29 is 24.2 Å². The van der Waals surface area contributed by atoms with Gasteiger partial charge in [-0.3, -0.25) is 15.0 Å². The van der Waals surface area contributed by atoms with Crippen LogP contribution in [-0.4, -0.2) is 47.3 Å². The quantitative estimate of drug-likeness (QED) is 0.202. The van der Waals surface area contributed by atoms with Gasteiger partial charge in [0.1, 0.15) is 11.6 Å². The highest BCUT2D eigenvalue weighted by molar-refractivity contribution is 5.97. The minimum atomic E-state index is -0.964. The Hall–Kier alpha value is -3.94. The van der Waals surface area contributed by atoms with Crippen molar-refractivity contribution in [3.63, 3.8) is 0 Å². The molecule has 0 unspecified atom stereocenters. The molecule has 0 aliphatic heterocycles. The number of hydrogen-bond acceptors (Lipinski definition) is 5. The average molecular weight is 409 g/mol. The fraction of sp³-hybridized carbons (Fsp3) is 0.182. The number of esters is 1. The molecule has 0 aliphatic rings.